The number of carbonyl (C=O) groups excluding carboxylic acids is 2. The molecule has 1 atom stereocenters. The fourth-order valence-corrected chi connectivity index (χ4v) is 3.78. The second kappa shape index (κ2) is 9.67. The molecular formula is C17H25Cl2N3O2S. The van der Waals surface area contributed by atoms with Crippen molar-refractivity contribution in [1.29, 1.82) is 0 Å². The van der Waals surface area contributed by atoms with Gasteiger partial charge in [0.15, 0.2) is 0 Å². The molecule has 1 aliphatic heterocycles. The van der Waals surface area contributed by atoms with E-state index in [2.05, 4.69) is 5.32 Å². The van der Waals surface area contributed by atoms with Crippen LogP contribution in [0.25, 0.3) is 0 Å². The summed E-state index contributed by atoms with van der Waals surface area (Å²) in [4.78, 5) is 26.8. The molecule has 25 heavy (non-hydrogen) atoms. The topological polar surface area (TPSA) is 75.4 Å². The molecule has 2 amide bonds. The van der Waals surface area contributed by atoms with E-state index >= 15 is 0 Å². The predicted molar refractivity (Wildman–Crippen MR) is 106 cm³/mol. The Morgan fingerprint density at radius 1 is 1.32 bits per heavy atom. The van der Waals surface area contributed by atoms with Crippen molar-refractivity contribution in [3.8, 4) is 0 Å². The highest BCUT2D eigenvalue weighted by Crippen LogP contribution is 2.24. The number of rotatable bonds is 6. The van der Waals surface area contributed by atoms with Gasteiger partial charge in [-0.15, -0.1) is 24.2 Å². The molecule has 1 saturated heterocycles. The SMILES string of the molecule is CCC(N)(CC)CNC(=O)C1CSCN1C(=O)c1ccc(Cl)cc1.Cl. The van der Waals surface area contributed by atoms with E-state index < -0.39 is 11.6 Å². The van der Waals surface area contributed by atoms with Crippen LogP contribution in [0.15, 0.2) is 24.3 Å². The van der Waals surface area contributed by atoms with Crippen LogP contribution in [0.2, 0.25) is 5.02 Å². The van der Waals surface area contributed by atoms with Crippen molar-refractivity contribution >= 4 is 47.6 Å². The molecular weight excluding hydrogens is 381 g/mol. The largest absolute Gasteiger partial charge is 0.352 e. The fourth-order valence-electron chi connectivity index (χ4n) is 2.50. The van der Waals surface area contributed by atoms with E-state index in [0.717, 1.165) is 12.8 Å². The summed E-state index contributed by atoms with van der Waals surface area (Å²) in [6.07, 6.45) is 1.58. The van der Waals surface area contributed by atoms with E-state index in [1.807, 2.05) is 13.8 Å². The number of carbonyl (C=O) groups is 2. The number of hydrogen-bond donors (Lipinski definition) is 2. The zero-order chi connectivity index (χ0) is 17.7. The Bertz CT molecular complexity index is 594. The van der Waals surface area contributed by atoms with Gasteiger partial charge in [0.2, 0.25) is 5.91 Å². The average molecular weight is 406 g/mol. The Kier molecular flexibility index (Phi) is 8.54. The standard InChI is InChI=1S/C17H24ClN3O2S.ClH/c1-3-17(19,4-2)10-20-15(22)14-9-24-11-21(14)16(23)12-5-7-13(18)8-6-12;/h5-8,14H,3-4,9-11,19H2,1-2H3,(H,20,22);1H. The summed E-state index contributed by atoms with van der Waals surface area (Å²) in [6, 6.07) is 6.26. The highest BCUT2D eigenvalue weighted by Gasteiger charge is 2.35. The number of halogens is 2. The zero-order valence-corrected chi connectivity index (χ0v) is 16.8. The van der Waals surface area contributed by atoms with Gasteiger partial charge in [-0.2, -0.15) is 0 Å². The average Bonchev–Trinajstić information content (AvgIpc) is 3.09. The Balaban J connectivity index is 0.00000312. The number of amides is 2. The molecule has 0 aliphatic carbocycles. The van der Waals surface area contributed by atoms with Crippen molar-refractivity contribution in [3.05, 3.63) is 34.9 Å². The number of nitrogens with two attached hydrogens (primary N) is 1. The van der Waals surface area contributed by atoms with Crippen LogP contribution in [-0.4, -0.2) is 46.5 Å². The Hall–Kier alpha value is -0.950. The summed E-state index contributed by atoms with van der Waals surface area (Å²) < 4.78 is 0. The van der Waals surface area contributed by atoms with Crippen molar-refractivity contribution in [2.75, 3.05) is 18.2 Å². The molecule has 2 rings (SSSR count). The molecule has 1 unspecified atom stereocenters. The number of nitrogens with zero attached hydrogens (tertiary/aromatic N) is 1. The molecule has 1 fully saturated rings. The summed E-state index contributed by atoms with van der Waals surface area (Å²) >= 11 is 7.44. The molecule has 5 nitrogen and oxygen atoms in total. The highest BCUT2D eigenvalue weighted by molar-refractivity contribution is 7.99. The quantitative estimate of drug-likeness (QED) is 0.762. The fraction of sp³-hybridized carbons (Fsp3) is 0.529. The van der Waals surface area contributed by atoms with E-state index in [1.54, 1.807) is 40.9 Å². The van der Waals surface area contributed by atoms with Gasteiger partial charge in [-0.25, -0.2) is 0 Å². The molecule has 0 bridgehead atoms. The maximum atomic E-state index is 12.7. The van der Waals surface area contributed by atoms with Gasteiger partial charge in [0.05, 0.1) is 5.88 Å². The molecule has 140 valence electrons. The lowest BCUT2D eigenvalue weighted by Crippen LogP contribution is -2.54. The zero-order valence-electron chi connectivity index (χ0n) is 14.5. The molecule has 1 aromatic rings. The Morgan fingerprint density at radius 3 is 2.48 bits per heavy atom. The molecule has 3 N–H and O–H groups in total. The van der Waals surface area contributed by atoms with E-state index in [9.17, 15) is 9.59 Å². The first kappa shape index (κ1) is 22.1. The van der Waals surface area contributed by atoms with Gasteiger partial charge in [0.1, 0.15) is 6.04 Å². The number of benzene rings is 1. The second-order valence-electron chi connectivity index (χ2n) is 6.08. The van der Waals surface area contributed by atoms with Crippen LogP contribution in [0.3, 0.4) is 0 Å². The lowest BCUT2D eigenvalue weighted by atomic mass is 9.94. The van der Waals surface area contributed by atoms with Crippen LogP contribution < -0.4 is 11.1 Å². The van der Waals surface area contributed by atoms with Gasteiger partial charge in [-0.3, -0.25) is 9.59 Å². The van der Waals surface area contributed by atoms with E-state index in [4.69, 9.17) is 17.3 Å². The third-order valence-electron chi connectivity index (χ3n) is 4.56. The van der Waals surface area contributed by atoms with E-state index in [0.29, 0.717) is 28.8 Å². The van der Waals surface area contributed by atoms with E-state index in [1.165, 1.54) is 0 Å². The maximum Gasteiger partial charge on any atom is 0.255 e. The van der Waals surface area contributed by atoms with Gasteiger partial charge < -0.3 is 16.0 Å². The number of nitrogens with one attached hydrogen (secondary N) is 1. The Morgan fingerprint density at radius 2 is 1.92 bits per heavy atom. The van der Waals surface area contributed by atoms with Crippen LogP contribution in [0.4, 0.5) is 0 Å². The van der Waals surface area contributed by atoms with Crippen molar-refractivity contribution < 1.29 is 9.59 Å². The molecule has 0 aromatic heterocycles. The monoisotopic (exact) mass is 405 g/mol. The minimum Gasteiger partial charge on any atom is -0.352 e. The van der Waals surface area contributed by atoms with Crippen molar-refractivity contribution in [1.82, 2.24) is 10.2 Å². The van der Waals surface area contributed by atoms with Crippen LogP contribution in [0, 0.1) is 0 Å². The smallest absolute Gasteiger partial charge is 0.255 e. The Labute approximate surface area is 164 Å². The minimum absolute atomic E-state index is 0. The highest BCUT2D eigenvalue weighted by atomic mass is 35.5. The molecule has 0 radical (unpaired) electrons. The van der Waals surface area contributed by atoms with Crippen molar-refractivity contribution in [2.45, 2.75) is 38.3 Å². The summed E-state index contributed by atoms with van der Waals surface area (Å²) in [5.74, 6) is 0.816. The summed E-state index contributed by atoms with van der Waals surface area (Å²) in [6.45, 7) is 4.44. The molecule has 0 saturated carbocycles. The molecule has 0 spiro atoms. The number of thioether (sulfide) groups is 1. The minimum atomic E-state index is -0.462. The van der Waals surface area contributed by atoms with Gasteiger partial charge >= 0.3 is 0 Å². The molecule has 8 heteroatoms. The first-order valence-corrected chi connectivity index (χ1v) is 9.64. The van der Waals surface area contributed by atoms with Crippen molar-refractivity contribution in [2.24, 2.45) is 5.73 Å². The summed E-state index contributed by atoms with van der Waals surface area (Å²) in [7, 11) is 0. The predicted octanol–water partition coefficient (Wildman–Crippen LogP) is 2.91. The van der Waals surface area contributed by atoms with Crippen LogP contribution >= 0.6 is 35.8 Å². The molecule has 1 heterocycles. The lowest BCUT2D eigenvalue weighted by molar-refractivity contribution is -0.124. The van der Waals surface area contributed by atoms with Crippen LogP contribution in [0.5, 0.6) is 0 Å². The first-order valence-electron chi connectivity index (χ1n) is 8.11. The normalized spacial score (nSPS) is 17.1. The van der Waals surface area contributed by atoms with Gasteiger partial charge in [0.25, 0.3) is 5.91 Å². The lowest BCUT2D eigenvalue weighted by Gasteiger charge is -2.29. The second-order valence-corrected chi connectivity index (χ2v) is 7.52. The number of hydrogen-bond acceptors (Lipinski definition) is 4. The van der Waals surface area contributed by atoms with E-state index in [-0.39, 0.29) is 24.2 Å². The third kappa shape index (κ3) is 5.51. The van der Waals surface area contributed by atoms with Crippen LogP contribution in [-0.2, 0) is 4.79 Å². The van der Waals surface area contributed by atoms with Gasteiger partial charge in [-0.05, 0) is 37.1 Å². The van der Waals surface area contributed by atoms with Gasteiger partial charge in [0, 0.05) is 28.4 Å². The van der Waals surface area contributed by atoms with Crippen molar-refractivity contribution in [3.63, 3.8) is 0 Å². The summed E-state index contributed by atoms with van der Waals surface area (Å²) in [5, 5.41) is 3.50. The maximum absolute atomic E-state index is 12.7. The third-order valence-corrected chi connectivity index (χ3v) is 5.82. The van der Waals surface area contributed by atoms with Crippen LogP contribution in [0.1, 0.15) is 37.0 Å². The molecule has 1 aromatic carbocycles. The van der Waals surface area contributed by atoms with Gasteiger partial charge in [-0.1, -0.05) is 25.4 Å². The first-order chi connectivity index (χ1) is 11.4. The molecule has 1 aliphatic rings. The summed E-state index contributed by atoms with van der Waals surface area (Å²) in [5.41, 5.74) is 6.37.